The number of hydrogen-bond acceptors (Lipinski definition) is 3. The topological polar surface area (TPSA) is 41.3 Å². The van der Waals surface area contributed by atoms with E-state index in [0.29, 0.717) is 5.92 Å². The highest BCUT2D eigenvalue weighted by atomic mass is 16.3. The van der Waals surface area contributed by atoms with Crippen molar-refractivity contribution in [1.82, 2.24) is 14.5 Å². The van der Waals surface area contributed by atoms with Crippen molar-refractivity contribution in [3.05, 3.63) is 30.1 Å². The zero-order chi connectivity index (χ0) is 14.1. The van der Waals surface area contributed by atoms with Crippen LogP contribution in [0.1, 0.15) is 19.2 Å². The number of para-hydroxylation sites is 2. The van der Waals surface area contributed by atoms with Crippen molar-refractivity contribution < 1.29 is 5.11 Å². The van der Waals surface area contributed by atoms with Gasteiger partial charge in [0.15, 0.2) is 0 Å². The second kappa shape index (κ2) is 5.54. The average Bonchev–Trinajstić information content (AvgIpc) is 2.76. The second-order valence-corrected chi connectivity index (χ2v) is 5.93. The van der Waals surface area contributed by atoms with Crippen LogP contribution in [0.2, 0.25) is 0 Å². The molecule has 4 nitrogen and oxygen atoms in total. The molecule has 0 spiro atoms. The molecule has 1 N–H and O–H groups in total. The maximum absolute atomic E-state index is 9.97. The van der Waals surface area contributed by atoms with Crippen LogP contribution < -0.4 is 0 Å². The van der Waals surface area contributed by atoms with Gasteiger partial charge in [0.05, 0.1) is 17.1 Å². The van der Waals surface area contributed by atoms with E-state index in [4.69, 9.17) is 0 Å². The molecule has 0 saturated carbocycles. The van der Waals surface area contributed by atoms with Gasteiger partial charge in [-0.05, 0) is 37.9 Å². The van der Waals surface area contributed by atoms with Crippen molar-refractivity contribution in [2.45, 2.75) is 32.9 Å². The quantitative estimate of drug-likeness (QED) is 0.930. The Kier molecular flexibility index (Phi) is 3.76. The minimum Gasteiger partial charge on any atom is -0.392 e. The Morgan fingerprint density at radius 2 is 2.10 bits per heavy atom. The van der Waals surface area contributed by atoms with Gasteiger partial charge in [0.2, 0.25) is 0 Å². The lowest BCUT2D eigenvalue weighted by Gasteiger charge is -2.34. The van der Waals surface area contributed by atoms with E-state index in [1.54, 1.807) is 0 Å². The van der Waals surface area contributed by atoms with Gasteiger partial charge in [-0.15, -0.1) is 0 Å². The molecule has 0 aliphatic carbocycles. The number of piperidine rings is 1. The van der Waals surface area contributed by atoms with E-state index >= 15 is 0 Å². The van der Waals surface area contributed by atoms with E-state index in [2.05, 4.69) is 46.5 Å². The summed E-state index contributed by atoms with van der Waals surface area (Å²) in [4.78, 5) is 6.96. The molecule has 0 bridgehead atoms. The number of aryl methyl sites for hydroxylation is 1. The number of aromatic nitrogens is 2. The molecule has 3 rings (SSSR count). The first-order chi connectivity index (χ1) is 9.65. The molecule has 1 aliphatic heterocycles. The monoisotopic (exact) mass is 273 g/mol. The lowest BCUT2D eigenvalue weighted by molar-refractivity contribution is 0.0280. The van der Waals surface area contributed by atoms with Crippen LogP contribution in [0.15, 0.2) is 24.3 Å². The molecule has 2 unspecified atom stereocenters. The average molecular weight is 273 g/mol. The Balaban J connectivity index is 1.70. The number of aliphatic hydroxyl groups is 1. The van der Waals surface area contributed by atoms with Crippen molar-refractivity contribution in [2.75, 3.05) is 19.6 Å². The van der Waals surface area contributed by atoms with E-state index in [-0.39, 0.29) is 6.10 Å². The third-order valence-electron chi connectivity index (χ3n) is 4.49. The minimum atomic E-state index is -0.177. The van der Waals surface area contributed by atoms with E-state index in [1.807, 2.05) is 6.07 Å². The standard InChI is InChI=1S/C16H23N3O/c1-12-7-8-18(11-16(12)20)9-10-19-13(2)17-14-5-3-4-6-15(14)19/h3-6,12,16,20H,7-11H2,1-2H3. The first kappa shape index (κ1) is 13.6. The number of imidazole rings is 1. The fraction of sp³-hybridized carbons (Fsp3) is 0.562. The minimum absolute atomic E-state index is 0.177. The van der Waals surface area contributed by atoms with E-state index in [1.165, 1.54) is 5.52 Å². The molecule has 108 valence electrons. The molecule has 0 radical (unpaired) electrons. The number of fused-ring (bicyclic) bond motifs is 1. The van der Waals surface area contributed by atoms with Crippen LogP contribution in [0.4, 0.5) is 0 Å². The predicted molar refractivity (Wildman–Crippen MR) is 80.7 cm³/mol. The summed E-state index contributed by atoms with van der Waals surface area (Å²) in [5.74, 6) is 1.50. The van der Waals surface area contributed by atoms with Crippen molar-refractivity contribution in [2.24, 2.45) is 5.92 Å². The fourth-order valence-electron chi connectivity index (χ4n) is 3.04. The Bertz CT molecular complexity index is 592. The summed E-state index contributed by atoms with van der Waals surface area (Å²) in [6.45, 7) is 8.00. The van der Waals surface area contributed by atoms with Gasteiger partial charge in [0, 0.05) is 19.6 Å². The second-order valence-electron chi connectivity index (χ2n) is 5.93. The van der Waals surface area contributed by atoms with E-state index < -0.39 is 0 Å². The Morgan fingerprint density at radius 3 is 2.90 bits per heavy atom. The van der Waals surface area contributed by atoms with Gasteiger partial charge in [-0.3, -0.25) is 4.90 Å². The van der Waals surface area contributed by atoms with Gasteiger partial charge < -0.3 is 9.67 Å². The predicted octanol–water partition coefficient (Wildman–Crippen LogP) is 2.05. The van der Waals surface area contributed by atoms with Gasteiger partial charge in [-0.2, -0.15) is 0 Å². The fourth-order valence-corrected chi connectivity index (χ4v) is 3.04. The number of nitrogens with zero attached hydrogens (tertiary/aromatic N) is 3. The van der Waals surface area contributed by atoms with Crippen LogP contribution in [-0.2, 0) is 6.54 Å². The van der Waals surface area contributed by atoms with Gasteiger partial charge in [0.1, 0.15) is 5.82 Å². The molecule has 2 heterocycles. The highest BCUT2D eigenvalue weighted by Crippen LogP contribution is 2.18. The van der Waals surface area contributed by atoms with Crippen molar-refractivity contribution in [3.63, 3.8) is 0 Å². The Hall–Kier alpha value is -1.39. The molecule has 1 aliphatic rings. The van der Waals surface area contributed by atoms with Gasteiger partial charge in [0.25, 0.3) is 0 Å². The van der Waals surface area contributed by atoms with E-state index in [9.17, 15) is 5.11 Å². The summed E-state index contributed by atoms with van der Waals surface area (Å²) in [7, 11) is 0. The van der Waals surface area contributed by atoms with Gasteiger partial charge in [-0.1, -0.05) is 19.1 Å². The molecule has 1 saturated heterocycles. The normalized spacial score (nSPS) is 24.4. The maximum Gasteiger partial charge on any atom is 0.106 e. The third-order valence-corrected chi connectivity index (χ3v) is 4.49. The highest BCUT2D eigenvalue weighted by molar-refractivity contribution is 5.75. The van der Waals surface area contributed by atoms with Crippen LogP contribution in [0.25, 0.3) is 11.0 Å². The molecule has 20 heavy (non-hydrogen) atoms. The number of benzene rings is 1. The summed E-state index contributed by atoms with van der Waals surface area (Å²) in [6.07, 6.45) is 0.912. The Morgan fingerprint density at radius 1 is 1.30 bits per heavy atom. The lowest BCUT2D eigenvalue weighted by atomic mass is 9.96. The first-order valence-corrected chi connectivity index (χ1v) is 7.47. The molecule has 1 aromatic heterocycles. The molecular weight excluding hydrogens is 250 g/mol. The molecule has 2 atom stereocenters. The third kappa shape index (κ3) is 2.58. The highest BCUT2D eigenvalue weighted by Gasteiger charge is 2.23. The molecule has 2 aromatic rings. The molecular formula is C16H23N3O. The lowest BCUT2D eigenvalue weighted by Crippen LogP contribution is -2.44. The number of rotatable bonds is 3. The molecule has 4 heteroatoms. The SMILES string of the molecule is Cc1nc2ccccc2n1CCN1CCC(C)C(O)C1. The van der Waals surface area contributed by atoms with Crippen LogP contribution in [0.3, 0.4) is 0 Å². The number of likely N-dealkylation sites (tertiary alicyclic amines) is 1. The summed E-state index contributed by atoms with van der Waals surface area (Å²) in [5, 5.41) is 9.97. The molecule has 1 fully saturated rings. The van der Waals surface area contributed by atoms with E-state index in [0.717, 1.165) is 43.9 Å². The maximum atomic E-state index is 9.97. The molecule has 1 aromatic carbocycles. The summed E-state index contributed by atoms with van der Waals surface area (Å²) < 4.78 is 2.28. The van der Waals surface area contributed by atoms with Crippen molar-refractivity contribution in [3.8, 4) is 0 Å². The summed E-state index contributed by atoms with van der Waals surface area (Å²) in [6, 6.07) is 8.28. The first-order valence-electron chi connectivity index (χ1n) is 7.47. The smallest absolute Gasteiger partial charge is 0.106 e. The van der Waals surface area contributed by atoms with Gasteiger partial charge >= 0.3 is 0 Å². The van der Waals surface area contributed by atoms with Crippen LogP contribution >= 0.6 is 0 Å². The Labute approximate surface area is 120 Å². The summed E-state index contributed by atoms with van der Waals surface area (Å²) in [5.41, 5.74) is 2.27. The number of hydrogen-bond donors (Lipinski definition) is 1. The van der Waals surface area contributed by atoms with Crippen molar-refractivity contribution in [1.29, 1.82) is 0 Å². The summed E-state index contributed by atoms with van der Waals surface area (Å²) >= 11 is 0. The largest absolute Gasteiger partial charge is 0.392 e. The van der Waals surface area contributed by atoms with Gasteiger partial charge in [-0.25, -0.2) is 4.98 Å². The van der Waals surface area contributed by atoms with Crippen LogP contribution in [-0.4, -0.2) is 45.3 Å². The van der Waals surface area contributed by atoms with Crippen molar-refractivity contribution >= 4 is 11.0 Å². The molecule has 0 amide bonds. The number of β-amino-alcohol motifs (C(OH)–C–C–N with tert-alkyl or cyclic N) is 1. The zero-order valence-corrected chi connectivity index (χ0v) is 12.3. The zero-order valence-electron chi connectivity index (χ0n) is 12.3. The van der Waals surface area contributed by atoms with Crippen LogP contribution in [0.5, 0.6) is 0 Å². The van der Waals surface area contributed by atoms with Crippen LogP contribution in [0, 0.1) is 12.8 Å². The number of aliphatic hydroxyl groups excluding tert-OH is 1.